The zero-order chi connectivity index (χ0) is 11.3. The second-order valence-electron chi connectivity index (χ2n) is 3.17. The highest BCUT2D eigenvalue weighted by atomic mass is 32.1. The van der Waals surface area contributed by atoms with E-state index in [4.69, 9.17) is 10.6 Å². The molecule has 3 aromatic heterocycles. The van der Waals surface area contributed by atoms with E-state index in [0.717, 1.165) is 0 Å². The van der Waals surface area contributed by atoms with Crippen molar-refractivity contribution in [1.82, 2.24) is 14.4 Å². The molecule has 8 heteroatoms. The largest absolute Gasteiger partial charge is 0.410 e. The molecule has 0 fully saturated rings. The fraction of sp³-hybridized carbons (Fsp3) is 0. The Hall–Kier alpha value is -2.22. The highest BCUT2D eigenvalue weighted by Crippen LogP contribution is 2.13. The third-order valence-electron chi connectivity index (χ3n) is 2.24. The highest BCUT2D eigenvalue weighted by Gasteiger charge is 2.09. The smallest absolute Gasteiger partial charge is 0.281 e. The molecular weight excluding hydrogens is 230 g/mol. The minimum Gasteiger partial charge on any atom is -0.410 e. The first-order valence-corrected chi connectivity index (χ1v) is 5.18. The molecule has 80 valence electrons. The molecule has 0 spiro atoms. The molecule has 3 rings (SSSR count). The SMILES string of the molecule is N=c1cc2[nH]c(=O)/c(=N\O)c3csc(n1)n23. The normalized spacial score (nSPS) is 12.9. The predicted octanol–water partition coefficient (Wildman–Crippen LogP) is -0.556. The molecular formula is C8H5N5O2S. The van der Waals surface area contributed by atoms with Gasteiger partial charge in [0, 0.05) is 11.4 Å². The van der Waals surface area contributed by atoms with Crippen molar-refractivity contribution in [3.05, 3.63) is 32.6 Å². The van der Waals surface area contributed by atoms with E-state index in [-0.39, 0.29) is 10.8 Å². The Labute approximate surface area is 90.8 Å². The van der Waals surface area contributed by atoms with Crippen LogP contribution in [0.5, 0.6) is 0 Å². The Morgan fingerprint density at radius 2 is 2.44 bits per heavy atom. The van der Waals surface area contributed by atoms with Gasteiger partial charge in [0.25, 0.3) is 5.56 Å². The standard InChI is InChI=1S/C8H5N5O2S/c9-4-1-5-11-7(14)6(12-15)3-2-16-8(10-4)13(3)5/h1-2,9,15H,(H,11,14)/b9-4?,12-6-. The van der Waals surface area contributed by atoms with Gasteiger partial charge in [0.15, 0.2) is 15.8 Å². The molecule has 0 atom stereocenters. The fourth-order valence-corrected chi connectivity index (χ4v) is 2.48. The van der Waals surface area contributed by atoms with Crippen LogP contribution in [0.2, 0.25) is 0 Å². The van der Waals surface area contributed by atoms with Crippen LogP contribution in [0.4, 0.5) is 0 Å². The van der Waals surface area contributed by atoms with Crippen LogP contribution in [-0.2, 0) is 0 Å². The molecule has 0 aliphatic carbocycles. The summed E-state index contributed by atoms with van der Waals surface area (Å²) in [4.78, 5) is 18.6. The highest BCUT2D eigenvalue weighted by molar-refractivity contribution is 7.15. The van der Waals surface area contributed by atoms with Gasteiger partial charge in [-0.25, -0.2) is 4.98 Å². The number of thiazole rings is 1. The van der Waals surface area contributed by atoms with E-state index in [1.165, 1.54) is 17.4 Å². The summed E-state index contributed by atoms with van der Waals surface area (Å²) in [5, 5.41) is 20.8. The van der Waals surface area contributed by atoms with E-state index >= 15 is 0 Å². The van der Waals surface area contributed by atoms with Crippen molar-refractivity contribution < 1.29 is 5.21 Å². The first-order valence-electron chi connectivity index (χ1n) is 4.30. The topological polar surface area (TPSA) is 107 Å². The lowest BCUT2D eigenvalue weighted by atomic mass is 10.4. The first kappa shape index (κ1) is 9.04. The van der Waals surface area contributed by atoms with Gasteiger partial charge >= 0.3 is 0 Å². The van der Waals surface area contributed by atoms with Gasteiger partial charge < -0.3 is 10.2 Å². The van der Waals surface area contributed by atoms with Crippen molar-refractivity contribution in [2.45, 2.75) is 0 Å². The van der Waals surface area contributed by atoms with Crippen LogP contribution in [0.1, 0.15) is 0 Å². The van der Waals surface area contributed by atoms with Crippen LogP contribution in [-0.4, -0.2) is 19.6 Å². The summed E-state index contributed by atoms with van der Waals surface area (Å²) in [5.74, 6) is 0. The summed E-state index contributed by atoms with van der Waals surface area (Å²) in [5.41, 5.74) is 0.526. The molecule has 0 aromatic carbocycles. The number of rotatable bonds is 0. The molecule has 16 heavy (non-hydrogen) atoms. The second-order valence-corrected chi connectivity index (χ2v) is 4.00. The number of hydrogen-bond acceptors (Lipinski definition) is 6. The van der Waals surface area contributed by atoms with Gasteiger partial charge in [-0.1, -0.05) is 5.16 Å². The number of aromatic nitrogens is 3. The lowest BCUT2D eigenvalue weighted by Crippen LogP contribution is -2.30. The molecule has 0 saturated heterocycles. The molecule has 3 N–H and O–H groups in total. The van der Waals surface area contributed by atoms with E-state index in [1.807, 2.05) is 0 Å². The van der Waals surface area contributed by atoms with Gasteiger partial charge in [-0.2, -0.15) is 0 Å². The van der Waals surface area contributed by atoms with Crippen molar-refractivity contribution >= 4 is 27.5 Å². The molecule has 0 radical (unpaired) electrons. The molecule has 3 heterocycles. The van der Waals surface area contributed by atoms with Gasteiger partial charge in [0.1, 0.15) is 5.65 Å². The number of nitrogens with zero attached hydrogens (tertiary/aromatic N) is 3. The molecule has 0 unspecified atom stereocenters. The van der Waals surface area contributed by atoms with Crippen LogP contribution in [0.15, 0.2) is 21.4 Å². The summed E-state index contributed by atoms with van der Waals surface area (Å²) < 4.78 is 1.64. The van der Waals surface area contributed by atoms with Gasteiger partial charge in [-0.05, 0) is 0 Å². The summed E-state index contributed by atoms with van der Waals surface area (Å²) in [6.45, 7) is 0. The third-order valence-corrected chi connectivity index (χ3v) is 3.06. The maximum Gasteiger partial charge on any atom is 0.281 e. The summed E-state index contributed by atoms with van der Waals surface area (Å²) in [6, 6.07) is 1.44. The van der Waals surface area contributed by atoms with Crippen LogP contribution >= 0.6 is 11.3 Å². The van der Waals surface area contributed by atoms with Crippen molar-refractivity contribution in [3.63, 3.8) is 0 Å². The number of aromatic amines is 1. The lowest BCUT2D eigenvalue weighted by molar-refractivity contribution is 0.301. The van der Waals surface area contributed by atoms with Gasteiger partial charge in [0.05, 0.1) is 5.52 Å². The minimum absolute atomic E-state index is 0.0525. The molecule has 0 bridgehead atoms. The number of H-pyrrole nitrogens is 1. The van der Waals surface area contributed by atoms with Crippen LogP contribution in [0, 0.1) is 5.41 Å². The van der Waals surface area contributed by atoms with Crippen LogP contribution < -0.4 is 16.4 Å². The average Bonchev–Trinajstić information content (AvgIpc) is 2.63. The molecule has 0 aliphatic rings. The quantitative estimate of drug-likeness (QED) is 0.359. The second kappa shape index (κ2) is 2.89. The Morgan fingerprint density at radius 1 is 1.62 bits per heavy atom. The van der Waals surface area contributed by atoms with E-state index in [2.05, 4.69) is 15.1 Å². The Kier molecular flexibility index (Phi) is 1.63. The molecule has 0 aliphatic heterocycles. The predicted molar refractivity (Wildman–Crippen MR) is 55.6 cm³/mol. The van der Waals surface area contributed by atoms with Crippen molar-refractivity contribution in [2.24, 2.45) is 5.16 Å². The van der Waals surface area contributed by atoms with Gasteiger partial charge in [-0.15, -0.1) is 11.3 Å². The number of hydrogen-bond donors (Lipinski definition) is 3. The van der Waals surface area contributed by atoms with Crippen molar-refractivity contribution in [1.29, 1.82) is 5.41 Å². The van der Waals surface area contributed by atoms with Crippen molar-refractivity contribution in [3.8, 4) is 0 Å². The summed E-state index contributed by atoms with van der Waals surface area (Å²) in [7, 11) is 0. The maximum atomic E-state index is 11.5. The van der Waals surface area contributed by atoms with Gasteiger partial charge in [-0.3, -0.25) is 14.6 Å². The molecule has 3 aromatic rings. The third kappa shape index (κ3) is 1.01. The monoisotopic (exact) mass is 235 g/mol. The van der Waals surface area contributed by atoms with E-state index in [9.17, 15) is 4.79 Å². The van der Waals surface area contributed by atoms with Crippen LogP contribution in [0.3, 0.4) is 0 Å². The fourth-order valence-electron chi connectivity index (χ4n) is 1.60. The zero-order valence-electron chi connectivity index (χ0n) is 7.76. The average molecular weight is 235 g/mol. The van der Waals surface area contributed by atoms with E-state index in [0.29, 0.717) is 16.1 Å². The van der Waals surface area contributed by atoms with E-state index in [1.54, 1.807) is 9.78 Å². The maximum absolute atomic E-state index is 11.5. The molecule has 0 saturated carbocycles. The van der Waals surface area contributed by atoms with E-state index < -0.39 is 5.56 Å². The van der Waals surface area contributed by atoms with Crippen molar-refractivity contribution in [2.75, 3.05) is 0 Å². The molecule has 0 amide bonds. The lowest BCUT2D eigenvalue weighted by Gasteiger charge is -1.99. The summed E-state index contributed by atoms with van der Waals surface area (Å²) >= 11 is 1.28. The van der Waals surface area contributed by atoms with Crippen LogP contribution in [0.25, 0.3) is 16.1 Å². The first-order chi connectivity index (χ1) is 7.70. The Morgan fingerprint density at radius 3 is 3.19 bits per heavy atom. The number of nitrogens with one attached hydrogen (secondary N) is 2. The minimum atomic E-state index is -0.493. The Bertz CT molecular complexity index is 858. The summed E-state index contributed by atoms with van der Waals surface area (Å²) in [6.07, 6.45) is 0. The molecule has 7 nitrogen and oxygen atoms in total. The zero-order valence-corrected chi connectivity index (χ0v) is 8.58. The Balaban J connectivity index is 2.81. The van der Waals surface area contributed by atoms with Gasteiger partial charge in [0.2, 0.25) is 0 Å².